The van der Waals surface area contributed by atoms with Crippen molar-refractivity contribution in [1.82, 2.24) is 5.43 Å². The minimum Gasteiger partial charge on any atom is -0.484 e. The summed E-state index contributed by atoms with van der Waals surface area (Å²) >= 11 is 11.8. The molecule has 4 aromatic rings. The summed E-state index contributed by atoms with van der Waals surface area (Å²) in [6.07, 6.45) is 1.53. The number of carbonyl (C=O) groups is 2. The van der Waals surface area contributed by atoms with Gasteiger partial charge in [-0.25, -0.2) is 5.43 Å². The number of hydrogen-bond acceptors (Lipinski definition) is 4. The summed E-state index contributed by atoms with van der Waals surface area (Å²) in [6.45, 7) is -0.172. The number of nitrogens with one attached hydrogen (secondary N) is 2. The highest BCUT2D eigenvalue weighted by Gasteiger charge is 2.09. The predicted molar refractivity (Wildman–Crippen MR) is 136 cm³/mol. The molecule has 0 aliphatic rings. The average molecular weight is 492 g/mol. The third kappa shape index (κ3) is 5.92. The molecule has 0 radical (unpaired) electrons. The molecule has 0 atom stereocenters. The summed E-state index contributed by atoms with van der Waals surface area (Å²) < 4.78 is 5.51. The lowest BCUT2D eigenvalue weighted by Gasteiger charge is -2.08. The molecule has 2 N–H and O–H groups in total. The summed E-state index contributed by atoms with van der Waals surface area (Å²) in [4.78, 5) is 24.6. The molecule has 0 saturated heterocycles. The number of benzene rings is 4. The first-order chi connectivity index (χ1) is 16.5. The van der Waals surface area contributed by atoms with Crippen LogP contribution in [0.15, 0.2) is 90.0 Å². The van der Waals surface area contributed by atoms with Crippen molar-refractivity contribution in [2.45, 2.75) is 0 Å². The van der Waals surface area contributed by atoms with Crippen LogP contribution in [-0.4, -0.2) is 24.6 Å². The Morgan fingerprint density at radius 3 is 2.44 bits per heavy atom. The molecule has 8 heteroatoms. The summed E-state index contributed by atoms with van der Waals surface area (Å²) in [5.74, 6) is -0.109. The molecule has 170 valence electrons. The van der Waals surface area contributed by atoms with E-state index in [0.29, 0.717) is 27.0 Å². The van der Waals surface area contributed by atoms with Crippen molar-refractivity contribution in [3.05, 3.63) is 106 Å². The van der Waals surface area contributed by atoms with Gasteiger partial charge in [0.25, 0.3) is 11.8 Å². The van der Waals surface area contributed by atoms with Gasteiger partial charge in [0.15, 0.2) is 6.61 Å². The lowest BCUT2D eigenvalue weighted by atomic mass is 10.0. The smallest absolute Gasteiger partial charge is 0.271 e. The first-order valence-electron chi connectivity index (χ1n) is 10.3. The van der Waals surface area contributed by atoms with Gasteiger partial charge >= 0.3 is 0 Å². The Hall–Kier alpha value is -3.87. The van der Waals surface area contributed by atoms with Gasteiger partial charge in [-0.15, -0.1) is 0 Å². The van der Waals surface area contributed by atoms with Crippen LogP contribution in [0.2, 0.25) is 10.0 Å². The Bertz CT molecular complexity index is 1370. The molecule has 2 amide bonds. The van der Waals surface area contributed by atoms with Crippen molar-refractivity contribution in [3.8, 4) is 5.75 Å². The number of rotatable bonds is 7. The second-order valence-corrected chi connectivity index (χ2v) is 8.08. The molecule has 0 aliphatic carbocycles. The van der Waals surface area contributed by atoms with E-state index in [1.165, 1.54) is 6.21 Å². The van der Waals surface area contributed by atoms with E-state index < -0.39 is 0 Å². The summed E-state index contributed by atoms with van der Waals surface area (Å²) in [5.41, 5.74) is 4.39. The highest BCUT2D eigenvalue weighted by molar-refractivity contribution is 6.42. The molecule has 0 aromatic heterocycles. The largest absolute Gasteiger partial charge is 0.484 e. The monoisotopic (exact) mass is 491 g/mol. The topological polar surface area (TPSA) is 79.8 Å². The van der Waals surface area contributed by atoms with Gasteiger partial charge in [-0.05, 0) is 64.9 Å². The Kier molecular flexibility index (Phi) is 7.42. The van der Waals surface area contributed by atoms with E-state index in [0.717, 1.165) is 16.3 Å². The number of amides is 2. The van der Waals surface area contributed by atoms with E-state index in [9.17, 15) is 9.59 Å². The lowest BCUT2D eigenvalue weighted by Crippen LogP contribution is -2.20. The molecule has 0 fully saturated rings. The zero-order valence-corrected chi connectivity index (χ0v) is 19.3. The predicted octanol–water partition coefficient (Wildman–Crippen LogP) is 5.93. The molecular weight excluding hydrogens is 473 g/mol. The third-order valence-corrected chi connectivity index (χ3v) is 5.61. The Balaban J connectivity index is 1.29. The van der Waals surface area contributed by atoms with Crippen LogP contribution in [0, 0.1) is 0 Å². The molecule has 4 rings (SSSR count). The summed E-state index contributed by atoms with van der Waals surface area (Å²) in [5, 5.41) is 9.34. The van der Waals surface area contributed by atoms with E-state index >= 15 is 0 Å². The molecule has 0 unspecified atom stereocenters. The number of nitrogens with zero attached hydrogens (tertiary/aromatic N) is 1. The molecule has 0 spiro atoms. The van der Waals surface area contributed by atoms with Crippen LogP contribution >= 0.6 is 23.2 Å². The standard InChI is InChI=1S/C26H19Cl2N3O3/c27-23-13-10-19(14-24(23)28)30-25(32)16-34-20-11-8-17(9-12-20)15-29-31-26(33)22-7-3-5-18-4-1-2-6-21(18)22/h1-15H,16H2,(H,30,32)(H,31,33)/b29-15-. The second kappa shape index (κ2) is 10.8. The second-order valence-electron chi connectivity index (χ2n) is 7.26. The number of hydrazone groups is 1. The fourth-order valence-corrected chi connectivity index (χ4v) is 3.52. The van der Waals surface area contributed by atoms with Crippen molar-refractivity contribution in [1.29, 1.82) is 0 Å². The molecular formula is C26H19Cl2N3O3. The summed E-state index contributed by atoms with van der Waals surface area (Å²) in [6, 6.07) is 25.0. The van der Waals surface area contributed by atoms with Crippen molar-refractivity contribution < 1.29 is 14.3 Å². The van der Waals surface area contributed by atoms with Crippen LogP contribution in [-0.2, 0) is 4.79 Å². The van der Waals surface area contributed by atoms with Crippen LogP contribution in [0.1, 0.15) is 15.9 Å². The number of carbonyl (C=O) groups excluding carboxylic acids is 2. The average Bonchev–Trinajstić information content (AvgIpc) is 2.85. The van der Waals surface area contributed by atoms with E-state index in [1.807, 2.05) is 36.4 Å². The van der Waals surface area contributed by atoms with Crippen molar-refractivity contribution in [3.63, 3.8) is 0 Å². The Morgan fingerprint density at radius 2 is 1.65 bits per heavy atom. The maximum absolute atomic E-state index is 12.5. The fraction of sp³-hybridized carbons (Fsp3) is 0.0385. The van der Waals surface area contributed by atoms with Gasteiger partial charge in [-0.2, -0.15) is 5.10 Å². The molecule has 0 aliphatic heterocycles. The van der Waals surface area contributed by atoms with Gasteiger partial charge in [0.2, 0.25) is 0 Å². The molecule has 0 bridgehead atoms. The highest BCUT2D eigenvalue weighted by atomic mass is 35.5. The van der Waals surface area contributed by atoms with Crippen LogP contribution in [0.5, 0.6) is 5.75 Å². The summed E-state index contributed by atoms with van der Waals surface area (Å²) in [7, 11) is 0. The molecule has 0 saturated carbocycles. The normalized spacial score (nSPS) is 10.9. The van der Waals surface area contributed by atoms with Crippen LogP contribution in [0.4, 0.5) is 5.69 Å². The maximum Gasteiger partial charge on any atom is 0.271 e. The number of ether oxygens (including phenoxy) is 1. The lowest BCUT2D eigenvalue weighted by molar-refractivity contribution is -0.118. The number of anilines is 1. The van der Waals surface area contributed by atoms with Gasteiger partial charge in [-0.3, -0.25) is 9.59 Å². The van der Waals surface area contributed by atoms with Gasteiger partial charge in [-0.1, -0.05) is 59.6 Å². The first-order valence-corrected chi connectivity index (χ1v) is 11.0. The van der Waals surface area contributed by atoms with Gasteiger partial charge in [0.05, 0.1) is 16.3 Å². The minimum absolute atomic E-state index is 0.172. The zero-order valence-electron chi connectivity index (χ0n) is 17.8. The number of halogens is 2. The molecule has 34 heavy (non-hydrogen) atoms. The van der Waals surface area contributed by atoms with Gasteiger partial charge in [0.1, 0.15) is 5.75 Å². The van der Waals surface area contributed by atoms with Crippen molar-refractivity contribution in [2.75, 3.05) is 11.9 Å². The van der Waals surface area contributed by atoms with Crippen LogP contribution < -0.4 is 15.5 Å². The van der Waals surface area contributed by atoms with Gasteiger partial charge < -0.3 is 10.1 Å². The molecule has 0 heterocycles. The highest BCUT2D eigenvalue weighted by Crippen LogP contribution is 2.25. The van der Waals surface area contributed by atoms with Crippen molar-refractivity contribution in [2.24, 2.45) is 5.10 Å². The Morgan fingerprint density at radius 1 is 0.882 bits per heavy atom. The zero-order chi connectivity index (χ0) is 23.9. The third-order valence-electron chi connectivity index (χ3n) is 4.87. The molecule has 4 aromatic carbocycles. The van der Waals surface area contributed by atoms with E-state index in [4.69, 9.17) is 27.9 Å². The van der Waals surface area contributed by atoms with Gasteiger partial charge in [0, 0.05) is 11.3 Å². The van der Waals surface area contributed by atoms with Crippen LogP contribution in [0.3, 0.4) is 0 Å². The quantitative estimate of drug-likeness (QED) is 0.248. The van der Waals surface area contributed by atoms with Crippen LogP contribution in [0.25, 0.3) is 10.8 Å². The SMILES string of the molecule is O=C(COc1ccc(/C=N\NC(=O)c2cccc3ccccc23)cc1)Nc1ccc(Cl)c(Cl)c1. The van der Waals surface area contributed by atoms with E-state index in [1.54, 1.807) is 48.5 Å². The maximum atomic E-state index is 12.5. The first kappa shape index (κ1) is 23.3. The number of hydrogen-bond donors (Lipinski definition) is 2. The number of fused-ring (bicyclic) bond motifs is 1. The Labute approximate surface area is 206 Å². The van der Waals surface area contributed by atoms with E-state index in [2.05, 4.69) is 15.8 Å². The molecule has 6 nitrogen and oxygen atoms in total. The fourth-order valence-electron chi connectivity index (χ4n) is 3.22. The van der Waals surface area contributed by atoms with Crippen molar-refractivity contribution >= 4 is 57.7 Å². The minimum atomic E-state index is -0.333. The van der Waals surface area contributed by atoms with E-state index in [-0.39, 0.29) is 18.4 Å².